The number of aryl methyl sites for hydroxylation is 3. The number of sulfonamides is 1. The van der Waals surface area contributed by atoms with Crippen LogP contribution in [0.3, 0.4) is 0 Å². The van der Waals surface area contributed by atoms with Gasteiger partial charge in [0, 0.05) is 6.20 Å². The minimum absolute atomic E-state index is 0.183. The monoisotopic (exact) mass is 410 g/mol. The molecule has 3 rings (SSSR count). The van der Waals surface area contributed by atoms with Gasteiger partial charge in [0.25, 0.3) is 0 Å². The molecule has 24 heavy (non-hydrogen) atoms. The van der Waals surface area contributed by atoms with Crippen molar-refractivity contribution in [1.82, 2.24) is 9.29 Å². The highest BCUT2D eigenvalue weighted by atomic mass is 79.9. The fourth-order valence-corrected chi connectivity index (χ4v) is 5.25. The number of hydrogen-bond acceptors (Lipinski definition) is 4. The van der Waals surface area contributed by atoms with Gasteiger partial charge in [0.15, 0.2) is 0 Å². The maximum atomic E-state index is 12.9. The van der Waals surface area contributed by atoms with Gasteiger partial charge in [-0.05, 0) is 60.0 Å². The Balaban J connectivity index is 1.75. The highest BCUT2D eigenvalue weighted by Gasteiger charge is 2.39. The van der Waals surface area contributed by atoms with Gasteiger partial charge in [-0.1, -0.05) is 17.7 Å². The zero-order chi connectivity index (χ0) is 17.5. The van der Waals surface area contributed by atoms with Crippen molar-refractivity contribution in [3.05, 3.63) is 51.6 Å². The highest BCUT2D eigenvalue weighted by molar-refractivity contribution is 9.10. The number of pyridine rings is 1. The van der Waals surface area contributed by atoms with Gasteiger partial charge in [-0.3, -0.25) is 0 Å². The highest BCUT2D eigenvalue weighted by Crippen LogP contribution is 2.30. The number of aromatic nitrogens is 1. The van der Waals surface area contributed by atoms with Crippen molar-refractivity contribution < 1.29 is 13.2 Å². The van der Waals surface area contributed by atoms with Crippen LogP contribution < -0.4 is 4.74 Å². The molecule has 1 aromatic heterocycles. The molecule has 0 N–H and O–H groups in total. The molecule has 0 unspecified atom stereocenters. The first-order valence-electron chi connectivity index (χ1n) is 7.64. The van der Waals surface area contributed by atoms with E-state index >= 15 is 0 Å². The Morgan fingerprint density at radius 1 is 1.21 bits per heavy atom. The van der Waals surface area contributed by atoms with E-state index < -0.39 is 10.0 Å². The molecule has 0 radical (unpaired) electrons. The smallest absolute Gasteiger partial charge is 0.243 e. The van der Waals surface area contributed by atoms with Crippen LogP contribution in [-0.4, -0.2) is 36.9 Å². The standard InChI is InChI=1S/C17H19BrN2O3S/c1-11-7-12(2)16(13(3)8-11)24(21,22)20-9-14(10-20)23-17-15(18)5-4-6-19-17/h4-8,14H,9-10H2,1-3H3. The van der Waals surface area contributed by atoms with Crippen molar-refractivity contribution >= 4 is 26.0 Å². The molecular formula is C17H19BrN2O3S. The van der Waals surface area contributed by atoms with Crippen LogP contribution in [0, 0.1) is 20.8 Å². The molecule has 0 amide bonds. The van der Waals surface area contributed by atoms with Gasteiger partial charge in [0.05, 0.1) is 22.5 Å². The van der Waals surface area contributed by atoms with Crippen LogP contribution in [0.1, 0.15) is 16.7 Å². The number of halogens is 1. The van der Waals surface area contributed by atoms with Crippen LogP contribution in [0.25, 0.3) is 0 Å². The van der Waals surface area contributed by atoms with Gasteiger partial charge in [0.2, 0.25) is 15.9 Å². The second-order valence-corrected chi connectivity index (χ2v) is 8.81. The van der Waals surface area contributed by atoms with Crippen molar-refractivity contribution in [3.63, 3.8) is 0 Å². The Hall–Kier alpha value is -1.44. The lowest BCUT2D eigenvalue weighted by Gasteiger charge is -2.38. The lowest BCUT2D eigenvalue weighted by molar-refractivity contribution is 0.0713. The van der Waals surface area contributed by atoms with E-state index in [1.807, 2.05) is 39.0 Å². The predicted molar refractivity (Wildman–Crippen MR) is 95.8 cm³/mol. The molecule has 1 aromatic carbocycles. The zero-order valence-electron chi connectivity index (χ0n) is 13.8. The van der Waals surface area contributed by atoms with E-state index in [9.17, 15) is 8.42 Å². The van der Waals surface area contributed by atoms with Crippen molar-refractivity contribution in [2.24, 2.45) is 0 Å². The summed E-state index contributed by atoms with van der Waals surface area (Å²) >= 11 is 3.38. The summed E-state index contributed by atoms with van der Waals surface area (Å²) in [6, 6.07) is 7.45. The molecule has 128 valence electrons. The minimum Gasteiger partial charge on any atom is -0.471 e. The molecule has 2 heterocycles. The van der Waals surface area contributed by atoms with Crippen molar-refractivity contribution in [3.8, 4) is 5.88 Å². The van der Waals surface area contributed by atoms with Gasteiger partial charge in [-0.25, -0.2) is 13.4 Å². The summed E-state index contributed by atoms with van der Waals surface area (Å²) in [7, 11) is -3.49. The Morgan fingerprint density at radius 3 is 2.42 bits per heavy atom. The van der Waals surface area contributed by atoms with Gasteiger partial charge in [-0.2, -0.15) is 4.31 Å². The maximum Gasteiger partial charge on any atom is 0.243 e. The summed E-state index contributed by atoms with van der Waals surface area (Å²) in [5.74, 6) is 0.488. The van der Waals surface area contributed by atoms with E-state index in [1.165, 1.54) is 4.31 Å². The molecule has 1 aliphatic rings. The summed E-state index contributed by atoms with van der Waals surface area (Å²) in [6.45, 7) is 6.31. The van der Waals surface area contributed by atoms with Gasteiger partial charge >= 0.3 is 0 Å². The fourth-order valence-electron chi connectivity index (χ4n) is 2.99. The lowest BCUT2D eigenvalue weighted by atomic mass is 10.1. The number of benzene rings is 1. The van der Waals surface area contributed by atoms with Crippen molar-refractivity contribution in [2.45, 2.75) is 31.8 Å². The average molecular weight is 411 g/mol. The molecule has 0 bridgehead atoms. The molecule has 5 nitrogen and oxygen atoms in total. The van der Waals surface area contributed by atoms with Gasteiger partial charge in [0.1, 0.15) is 6.10 Å². The molecule has 0 saturated carbocycles. The van der Waals surface area contributed by atoms with Crippen LogP contribution in [0.2, 0.25) is 0 Å². The average Bonchev–Trinajstić information content (AvgIpc) is 2.42. The Bertz CT molecular complexity index is 854. The van der Waals surface area contributed by atoms with Crippen LogP contribution in [0.4, 0.5) is 0 Å². The molecule has 0 spiro atoms. The third-order valence-electron chi connectivity index (χ3n) is 4.02. The second kappa shape index (κ2) is 6.46. The van der Waals surface area contributed by atoms with Crippen molar-refractivity contribution in [1.29, 1.82) is 0 Å². The Morgan fingerprint density at radius 2 is 1.83 bits per heavy atom. The topological polar surface area (TPSA) is 59.5 Å². The minimum atomic E-state index is -3.49. The summed E-state index contributed by atoms with van der Waals surface area (Å²) in [4.78, 5) is 4.55. The first kappa shape index (κ1) is 17.4. The Kier molecular flexibility index (Phi) is 4.68. The van der Waals surface area contributed by atoms with E-state index in [4.69, 9.17) is 4.74 Å². The summed E-state index contributed by atoms with van der Waals surface area (Å²) in [5.41, 5.74) is 2.63. The number of nitrogens with zero attached hydrogens (tertiary/aromatic N) is 2. The molecule has 7 heteroatoms. The predicted octanol–water partition coefficient (Wildman–Crippen LogP) is 3.22. The van der Waals surface area contributed by atoms with E-state index in [-0.39, 0.29) is 6.10 Å². The molecule has 1 aliphatic heterocycles. The quantitative estimate of drug-likeness (QED) is 0.775. The zero-order valence-corrected chi connectivity index (χ0v) is 16.2. The molecule has 0 atom stereocenters. The maximum absolute atomic E-state index is 12.9. The third-order valence-corrected chi connectivity index (χ3v) is 6.76. The number of ether oxygens (including phenoxy) is 1. The SMILES string of the molecule is Cc1cc(C)c(S(=O)(=O)N2CC(Oc3ncccc3Br)C2)c(C)c1. The first-order valence-corrected chi connectivity index (χ1v) is 9.87. The molecular weight excluding hydrogens is 392 g/mol. The lowest BCUT2D eigenvalue weighted by Crippen LogP contribution is -2.56. The van der Waals surface area contributed by atoms with Crippen LogP contribution in [0.15, 0.2) is 39.8 Å². The molecule has 1 saturated heterocycles. The summed E-state index contributed by atoms with van der Waals surface area (Å²) in [5, 5.41) is 0. The third kappa shape index (κ3) is 3.20. The number of rotatable bonds is 4. The molecule has 0 aliphatic carbocycles. The van der Waals surface area contributed by atoms with Crippen LogP contribution in [-0.2, 0) is 10.0 Å². The van der Waals surface area contributed by atoms with Gasteiger partial charge in [-0.15, -0.1) is 0 Å². The van der Waals surface area contributed by atoms with Crippen LogP contribution in [0.5, 0.6) is 5.88 Å². The van der Waals surface area contributed by atoms with Crippen LogP contribution >= 0.6 is 15.9 Å². The van der Waals surface area contributed by atoms with Crippen molar-refractivity contribution in [2.75, 3.05) is 13.1 Å². The largest absolute Gasteiger partial charge is 0.471 e. The first-order chi connectivity index (χ1) is 11.3. The summed E-state index contributed by atoms with van der Waals surface area (Å²) in [6.07, 6.45) is 1.46. The fraction of sp³-hybridized carbons (Fsp3) is 0.353. The summed E-state index contributed by atoms with van der Waals surface area (Å²) < 4.78 is 33.7. The second-order valence-electron chi connectivity index (χ2n) is 6.08. The Labute approximate surface area is 150 Å². The number of hydrogen-bond donors (Lipinski definition) is 0. The molecule has 2 aromatic rings. The normalized spacial score (nSPS) is 16.0. The van der Waals surface area contributed by atoms with Gasteiger partial charge < -0.3 is 4.74 Å². The van der Waals surface area contributed by atoms with E-state index in [2.05, 4.69) is 20.9 Å². The van der Waals surface area contributed by atoms with E-state index in [0.29, 0.717) is 23.9 Å². The molecule has 1 fully saturated rings. The van der Waals surface area contributed by atoms with E-state index in [0.717, 1.165) is 21.2 Å². The van der Waals surface area contributed by atoms with E-state index in [1.54, 1.807) is 12.3 Å².